The van der Waals surface area contributed by atoms with Crippen LogP contribution in [0.1, 0.15) is 35.4 Å². The van der Waals surface area contributed by atoms with E-state index in [1.807, 2.05) is 28.9 Å². The molecule has 0 radical (unpaired) electrons. The van der Waals surface area contributed by atoms with Crippen LogP contribution in [0.25, 0.3) is 0 Å². The number of furan rings is 1. The molecule has 4 heterocycles. The van der Waals surface area contributed by atoms with Gasteiger partial charge in [-0.3, -0.25) is 14.6 Å². The van der Waals surface area contributed by atoms with Gasteiger partial charge in [0, 0.05) is 24.7 Å². The second-order valence-corrected chi connectivity index (χ2v) is 6.37. The number of pyridine rings is 1. The molecule has 0 saturated carbocycles. The van der Waals surface area contributed by atoms with Crippen molar-refractivity contribution < 1.29 is 14.0 Å². The number of anilines is 1. The molecule has 2 aromatic rings. The summed E-state index contributed by atoms with van der Waals surface area (Å²) in [5.41, 5.74) is 1.65. The van der Waals surface area contributed by atoms with Gasteiger partial charge in [-0.15, -0.1) is 0 Å². The number of carbonyl (C=O) groups is 2. The quantitative estimate of drug-likeness (QED) is 0.850. The largest absolute Gasteiger partial charge is 0.459 e. The number of piperidine rings is 1. The van der Waals surface area contributed by atoms with Crippen LogP contribution in [-0.4, -0.2) is 40.3 Å². The third-order valence-electron chi connectivity index (χ3n) is 5.01. The molecule has 0 bridgehead atoms. The lowest BCUT2D eigenvalue weighted by Crippen LogP contribution is -2.53. The Labute approximate surface area is 140 Å². The Bertz CT molecular complexity index is 771. The summed E-state index contributed by atoms with van der Waals surface area (Å²) in [6.07, 6.45) is 6.86. The maximum atomic E-state index is 12.8. The third-order valence-corrected chi connectivity index (χ3v) is 5.01. The van der Waals surface area contributed by atoms with Crippen LogP contribution in [-0.2, 0) is 4.79 Å². The molecule has 0 N–H and O–H groups in total. The van der Waals surface area contributed by atoms with E-state index in [-0.39, 0.29) is 23.9 Å². The summed E-state index contributed by atoms with van der Waals surface area (Å²) >= 11 is 0. The van der Waals surface area contributed by atoms with Crippen LogP contribution in [0.3, 0.4) is 0 Å². The van der Waals surface area contributed by atoms with Crippen LogP contribution in [0.4, 0.5) is 5.69 Å². The van der Waals surface area contributed by atoms with E-state index in [0.29, 0.717) is 25.1 Å². The molecule has 24 heavy (non-hydrogen) atoms. The summed E-state index contributed by atoms with van der Waals surface area (Å²) < 4.78 is 5.37. The monoisotopic (exact) mass is 325 g/mol. The average molecular weight is 325 g/mol. The van der Waals surface area contributed by atoms with Gasteiger partial charge in [0.05, 0.1) is 30.2 Å². The molecule has 4 rings (SSSR count). The number of aromatic nitrogens is 1. The van der Waals surface area contributed by atoms with Crippen LogP contribution < -0.4 is 4.90 Å². The first-order chi connectivity index (χ1) is 11.7. The van der Waals surface area contributed by atoms with Crippen LogP contribution in [0.15, 0.2) is 41.3 Å². The summed E-state index contributed by atoms with van der Waals surface area (Å²) in [6, 6.07) is 5.56. The molecule has 2 aliphatic rings. The van der Waals surface area contributed by atoms with Gasteiger partial charge < -0.3 is 14.2 Å². The van der Waals surface area contributed by atoms with E-state index >= 15 is 0 Å². The SMILES string of the molecule is Cc1ccoc1C(=O)N1CC[C@@H]2[C@H]1CCC(=O)N2c1cccnc1. The molecule has 0 aromatic carbocycles. The number of amides is 2. The Balaban J connectivity index is 1.62. The zero-order chi connectivity index (χ0) is 16.7. The molecule has 0 aliphatic carbocycles. The first-order valence-electron chi connectivity index (χ1n) is 8.24. The van der Waals surface area contributed by atoms with Gasteiger partial charge >= 0.3 is 0 Å². The Morgan fingerprint density at radius 3 is 2.88 bits per heavy atom. The van der Waals surface area contributed by atoms with Crippen LogP contribution in [0, 0.1) is 6.92 Å². The van der Waals surface area contributed by atoms with Crippen LogP contribution >= 0.6 is 0 Å². The van der Waals surface area contributed by atoms with Crippen molar-refractivity contribution in [3.05, 3.63) is 48.2 Å². The molecule has 124 valence electrons. The average Bonchev–Trinajstić information content (AvgIpc) is 3.21. The standard InChI is InChI=1S/C18H19N3O3/c1-12-7-10-24-17(12)18(23)20-9-6-15-14(20)4-5-16(22)21(15)13-3-2-8-19-11-13/h2-3,7-8,10-11,14-15H,4-6,9H2,1H3/t14-,15-/m1/s1. The smallest absolute Gasteiger partial charge is 0.290 e. The minimum absolute atomic E-state index is 0.00895. The lowest BCUT2D eigenvalue weighted by molar-refractivity contribution is -0.120. The first-order valence-corrected chi connectivity index (χ1v) is 8.24. The fourth-order valence-corrected chi connectivity index (χ4v) is 3.87. The Hall–Kier alpha value is -2.63. The van der Waals surface area contributed by atoms with Crippen molar-refractivity contribution in [3.63, 3.8) is 0 Å². The number of rotatable bonds is 2. The number of likely N-dealkylation sites (tertiary alicyclic amines) is 1. The van der Waals surface area contributed by atoms with E-state index in [1.54, 1.807) is 24.7 Å². The van der Waals surface area contributed by atoms with Gasteiger partial charge in [-0.2, -0.15) is 0 Å². The highest BCUT2D eigenvalue weighted by Crippen LogP contribution is 2.35. The first kappa shape index (κ1) is 14.9. The van der Waals surface area contributed by atoms with Crippen molar-refractivity contribution in [2.24, 2.45) is 0 Å². The summed E-state index contributed by atoms with van der Waals surface area (Å²) in [7, 11) is 0. The predicted molar refractivity (Wildman–Crippen MR) is 87.6 cm³/mol. The number of carbonyl (C=O) groups excluding carboxylic acids is 2. The lowest BCUT2D eigenvalue weighted by Gasteiger charge is -2.39. The van der Waals surface area contributed by atoms with Gasteiger partial charge in [0.25, 0.3) is 5.91 Å². The molecule has 2 amide bonds. The minimum atomic E-state index is -0.0783. The van der Waals surface area contributed by atoms with E-state index in [2.05, 4.69) is 4.98 Å². The number of fused-ring (bicyclic) bond motifs is 1. The Kier molecular flexibility index (Phi) is 3.59. The van der Waals surface area contributed by atoms with Gasteiger partial charge in [0.1, 0.15) is 0 Å². The highest BCUT2D eigenvalue weighted by atomic mass is 16.3. The molecule has 0 unspecified atom stereocenters. The van der Waals surface area contributed by atoms with E-state index in [9.17, 15) is 9.59 Å². The molecule has 2 fully saturated rings. The van der Waals surface area contributed by atoms with Crippen molar-refractivity contribution in [3.8, 4) is 0 Å². The Morgan fingerprint density at radius 1 is 1.29 bits per heavy atom. The maximum Gasteiger partial charge on any atom is 0.290 e. The van der Waals surface area contributed by atoms with Gasteiger partial charge in [-0.25, -0.2) is 0 Å². The highest BCUT2D eigenvalue weighted by Gasteiger charge is 2.46. The van der Waals surface area contributed by atoms with Crippen molar-refractivity contribution in [1.29, 1.82) is 0 Å². The molecule has 2 atom stereocenters. The maximum absolute atomic E-state index is 12.8. The van der Waals surface area contributed by atoms with E-state index < -0.39 is 0 Å². The third kappa shape index (κ3) is 2.29. The van der Waals surface area contributed by atoms with Crippen molar-refractivity contribution in [2.45, 2.75) is 38.3 Å². The topological polar surface area (TPSA) is 66.7 Å². The highest BCUT2D eigenvalue weighted by molar-refractivity contribution is 5.97. The lowest BCUT2D eigenvalue weighted by atomic mass is 9.95. The molecule has 6 heteroatoms. The fourth-order valence-electron chi connectivity index (χ4n) is 3.87. The number of hydrogen-bond acceptors (Lipinski definition) is 4. The van der Waals surface area contributed by atoms with Gasteiger partial charge in [-0.05, 0) is 38.0 Å². The second kappa shape index (κ2) is 5.78. The zero-order valence-corrected chi connectivity index (χ0v) is 13.5. The fraction of sp³-hybridized carbons (Fsp3) is 0.389. The van der Waals surface area contributed by atoms with Crippen LogP contribution in [0.5, 0.6) is 0 Å². The molecular weight excluding hydrogens is 306 g/mol. The molecule has 0 spiro atoms. The molecule has 2 aliphatic heterocycles. The number of aryl methyl sites for hydroxylation is 1. The summed E-state index contributed by atoms with van der Waals surface area (Å²) in [5, 5.41) is 0. The predicted octanol–water partition coefficient (Wildman–Crippen LogP) is 2.39. The van der Waals surface area contributed by atoms with E-state index in [1.165, 1.54) is 0 Å². The second-order valence-electron chi connectivity index (χ2n) is 6.37. The summed E-state index contributed by atoms with van der Waals surface area (Å²) in [6.45, 7) is 2.51. The minimum Gasteiger partial charge on any atom is -0.459 e. The van der Waals surface area contributed by atoms with Gasteiger partial charge in [0.2, 0.25) is 5.91 Å². The molecule has 2 aromatic heterocycles. The molecular formula is C18H19N3O3. The van der Waals surface area contributed by atoms with E-state index in [0.717, 1.165) is 17.7 Å². The van der Waals surface area contributed by atoms with Crippen molar-refractivity contribution in [1.82, 2.24) is 9.88 Å². The van der Waals surface area contributed by atoms with Crippen LogP contribution in [0.2, 0.25) is 0 Å². The Morgan fingerprint density at radius 2 is 2.17 bits per heavy atom. The van der Waals surface area contributed by atoms with E-state index in [4.69, 9.17) is 4.42 Å². The van der Waals surface area contributed by atoms with Crippen molar-refractivity contribution >= 4 is 17.5 Å². The number of nitrogens with zero attached hydrogens (tertiary/aromatic N) is 3. The summed E-state index contributed by atoms with van der Waals surface area (Å²) in [5.74, 6) is 0.429. The van der Waals surface area contributed by atoms with Gasteiger partial charge in [0.15, 0.2) is 5.76 Å². The zero-order valence-electron chi connectivity index (χ0n) is 13.5. The molecule has 6 nitrogen and oxygen atoms in total. The summed E-state index contributed by atoms with van der Waals surface area (Å²) in [4.78, 5) is 33.1. The molecule has 2 saturated heterocycles. The van der Waals surface area contributed by atoms with Crippen molar-refractivity contribution in [2.75, 3.05) is 11.4 Å². The van der Waals surface area contributed by atoms with Gasteiger partial charge in [-0.1, -0.05) is 0 Å². The normalized spacial score (nSPS) is 23.5. The number of hydrogen-bond donors (Lipinski definition) is 0.